The average Bonchev–Trinajstić information content (AvgIpc) is 3.24. The number of rotatable bonds is 15. The van der Waals surface area contributed by atoms with Crippen LogP contribution < -0.4 is 33.2 Å². The van der Waals surface area contributed by atoms with Gasteiger partial charge in [-0.2, -0.15) is 0 Å². The number of H-pyrrole nitrogens is 1. The number of hydrogen-bond acceptors (Lipinski definition) is 7. The largest absolute Gasteiger partial charge is 0.480 e. The van der Waals surface area contributed by atoms with Crippen molar-refractivity contribution in [2.75, 3.05) is 6.54 Å². The number of primary amides is 2. The molecular formula is C23H31N7O7. The molecule has 0 saturated heterocycles. The first-order chi connectivity index (χ1) is 17.5. The van der Waals surface area contributed by atoms with Crippen molar-refractivity contribution in [1.82, 2.24) is 20.9 Å². The molecule has 14 nitrogen and oxygen atoms in total. The topological polar surface area (TPSA) is 253 Å². The molecule has 0 aliphatic heterocycles. The van der Waals surface area contributed by atoms with E-state index >= 15 is 0 Å². The summed E-state index contributed by atoms with van der Waals surface area (Å²) in [5, 5.41) is 16.6. The van der Waals surface area contributed by atoms with Crippen LogP contribution in [0, 0.1) is 0 Å². The molecule has 1 aromatic heterocycles. The summed E-state index contributed by atoms with van der Waals surface area (Å²) < 4.78 is 0. The molecule has 14 heteroatoms. The highest BCUT2D eigenvalue weighted by Gasteiger charge is 2.29. The van der Waals surface area contributed by atoms with Gasteiger partial charge in [0.2, 0.25) is 29.5 Å². The van der Waals surface area contributed by atoms with E-state index in [4.69, 9.17) is 22.3 Å². The van der Waals surface area contributed by atoms with Gasteiger partial charge in [0.15, 0.2) is 0 Å². The van der Waals surface area contributed by atoms with Crippen molar-refractivity contribution in [3.8, 4) is 0 Å². The van der Waals surface area contributed by atoms with Crippen LogP contribution in [-0.4, -0.2) is 70.3 Å². The zero-order valence-electron chi connectivity index (χ0n) is 20.0. The maximum absolute atomic E-state index is 13.0. The van der Waals surface area contributed by atoms with Crippen LogP contribution in [0.5, 0.6) is 0 Å². The second-order valence-corrected chi connectivity index (χ2v) is 8.41. The monoisotopic (exact) mass is 517 g/mol. The van der Waals surface area contributed by atoms with Crippen molar-refractivity contribution < 1.29 is 33.9 Å². The number of aromatic amines is 1. The maximum atomic E-state index is 13.0. The van der Waals surface area contributed by atoms with Crippen molar-refractivity contribution in [2.45, 2.75) is 50.2 Å². The summed E-state index contributed by atoms with van der Waals surface area (Å²) in [5.74, 6) is -5.18. The Hall–Kier alpha value is -4.46. The Morgan fingerprint density at radius 3 is 2.03 bits per heavy atom. The molecule has 0 bridgehead atoms. The van der Waals surface area contributed by atoms with Gasteiger partial charge in [-0.25, -0.2) is 0 Å². The summed E-state index contributed by atoms with van der Waals surface area (Å²) in [6.45, 7) is -0.716. The van der Waals surface area contributed by atoms with Crippen LogP contribution in [0.2, 0.25) is 0 Å². The number of fused-ring (bicyclic) bond motifs is 1. The van der Waals surface area contributed by atoms with Crippen LogP contribution in [0.1, 0.15) is 31.2 Å². The van der Waals surface area contributed by atoms with Crippen molar-refractivity contribution in [2.24, 2.45) is 17.2 Å². The van der Waals surface area contributed by atoms with E-state index in [1.807, 2.05) is 24.3 Å². The molecule has 1 heterocycles. The maximum Gasteiger partial charge on any atom is 0.322 e. The fourth-order valence-corrected chi connectivity index (χ4v) is 3.58. The van der Waals surface area contributed by atoms with Gasteiger partial charge < -0.3 is 43.2 Å². The summed E-state index contributed by atoms with van der Waals surface area (Å²) in [6.07, 6.45) is 0.939. The first kappa shape index (κ1) is 28.8. The second kappa shape index (κ2) is 13.6. The van der Waals surface area contributed by atoms with E-state index in [2.05, 4.69) is 20.9 Å². The van der Waals surface area contributed by atoms with Gasteiger partial charge in [0, 0.05) is 29.9 Å². The van der Waals surface area contributed by atoms with Crippen molar-refractivity contribution >= 4 is 46.4 Å². The van der Waals surface area contributed by atoms with E-state index in [0.29, 0.717) is 0 Å². The van der Waals surface area contributed by atoms with E-state index in [1.165, 1.54) is 0 Å². The van der Waals surface area contributed by atoms with Gasteiger partial charge in [0.1, 0.15) is 18.6 Å². The Bertz CT molecular complexity index is 1160. The number of carbonyl (C=O) groups is 6. The molecule has 0 aliphatic carbocycles. The van der Waals surface area contributed by atoms with Crippen molar-refractivity contribution in [3.05, 3.63) is 36.0 Å². The Morgan fingerprint density at radius 1 is 0.865 bits per heavy atom. The molecule has 0 aliphatic rings. The van der Waals surface area contributed by atoms with Gasteiger partial charge in [-0.05, 0) is 30.9 Å². The highest BCUT2D eigenvalue weighted by Crippen LogP contribution is 2.18. The van der Waals surface area contributed by atoms with Crippen LogP contribution >= 0.6 is 0 Å². The molecule has 0 radical (unpaired) electrons. The predicted octanol–water partition coefficient (Wildman–Crippen LogP) is -2.26. The molecule has 3 atom stereocenters. The molecule has 0 saturated carbocycles. The van der Waals surface area contributed by atoms with Crippen LogP contribution in [0.15, 0.2) is 30.5 Å². The van der Waals surface area contributed by atoms with E-state index < -0.39 is 60.2 Å². The molecule has 200 valence electrons. The minimum absolute atomic E-state index is 0.152. The van der Waals surface area contributed by atoms with Crippen LogP contribution in [-0.2, 0) is 35.2 Å². The first-order valence-corrected chi connectivity index (χ1v) is 11.4. The highest BCUT2D eigenvalue weighted by molar-refractivity contribution is 5.94. The van der Waals surface area contributed by atoms with Gasteiger partial charge in [0.25, 0.3) is 0 Å². The van der Waals surface area contributed by atoms with Gasteiger partial charge in [0.05, 0.1) is 6.04 Å². The zero-order chi connectivity index (χ0) is 27.5. The fraction of sp³-hybridized carbons (Fsp3) is 0.391. The summed E-state index contributed by atoms with van der Waals surface area (Å²) in [6, 6.07) is 3.77. The number of nitrogens with two attached hydrogens (primary N) is 3. The van der Waals surface area contributed by atoms with Crippen LogP contribution in [0.25, 0.3) is 10.9 Å². The summed E-state index contributed by atoms with van der Waals surface area (Å²) in [5.41, 5.74) is 18.1. The van der Waals surface area contributed by atoms with Gasteiger partial charge in [-0.15, -0.1) is 0 Å². The van der Waals surface area contributed by atoms with E-state index in [9.17, 15) is 28.8 Å². The summed E-state index contributed by atoms with van der Waals surface area (Å²) >= 11 is 0. The molecular weight excluding hydrogens is 486 g/mol. The number of benzene rings is 1. The minimum atomic E-state index is -1.33. The van der Waals surface area contributed by atoms with Crippen LogP contribution in [0.3, 0.4) is 0 Å². The molecule has 37 heavy (non-hydrogen) atoms. The van der Waals surface area contributed by atoms with Gasteiger partial charge in [-0.1, -0.05) is 18.2 Å². The number of hydrogen-bond donors (Lipinski definition) is 8. The van der Waals surface area contributed by atoms with Crippen molar-refractivity contribution in [1.29, 1.82) is 0 Å². The number of nitrogens with one attached hydrogen (secondary N) is 4. The molecule has 2 rings (SSSR count). The average molecular weight is 518 g/mol. The lowest BCUT2D eigenvalue weighted by Gasteiger charge is -2.23. The Morgan fingerprint density at radius 2 is 1.43 bits per heavy atom. The molecule has 1 aromatic carbocycles. The fourth-order valence-electron chi connectivity index (χ4n) is 3.58. The number of amides is 5. The summed E-state index contributed by atoms with van der Waals surface area (Å²) in [4.78, 5) is 74.5. The highest BCUT2D eigenvalue weighted by atomic mass is 16.4. The quantitative estimate of drug-likeness (QED) is 0.128. The SMILES string of the molecule is NC(=O)CCC(NC(=O)C(N)Cc1c[nH]c2ccccc12)C(=O)NC(CCC(N)=O)C(=O)NCC(=O)O. The third kappa shape index (κ3) is 9.25. The number of para-hydroxylation sites is 1. The molecule has 5 amide bonds. The third-order valence-corrected chi connectivity index (χ3v) is 5.49. The minimum Gasteiger partial charge on any atom is -0.480 e. The lowest BCUT2D eigenvalue weighted by Crippen LogP contribution is -2.56. The van der Waals surface area contributed by atoms with Gasteiger partial charge in [-0.3, -0.25) is 28.8 Å². The molecule has 11 N–H and O–H groups in total. The Kier molecular flexibility index (Phi) is 10.6. The smallest absolute Gasteiger partial charge is 0.322 e. The Labute approximate surface area is 211 Å². The number of carboxylic acid groups (broad SMARTS) is 1. The van der Waals surface area contributed by atoms with Gasteiger partial charge >= 0.3 is 5.97 Å². The lowest BCUT2D eigenvalue weighted by atomic mass is 10.0. The first-order valence-electron chi connectivity index (χ1n) is 11.4. The predicted molar refractivity (Wildman–Crippen MR) is 131 cm³/mol. The molecule has 2 aromatic rings. The van der Waals surface area contributed by atoms with E-state index in [-0.39, 0.29) is 32.1 Å². The summed E-state index contributed by atoms with van der Waals surface area (Å²) in [7, 11) is 0. The third-order valence-electron chi connectivity index (χ3n) is 5.49. The van der Waals surface area contributed by atoms with E-state index in [0.717, 1.165) is 16.5 Å². The number of aromatic nitrogens is 1. The lowest BCUT2D eigenvalue weighted by molar-refractivity contribution is -0.138. The standard InChI is InChI=1S/C23H31N7O7/c24-14(9-12-10-27-15-4-2-1-3-13(12)15)21(35)29-17(6-8-19(26)32)23(37)30-16(5-7-18(25)31)22(36)28-11-20(33)34/h1-4,10,14,16-17,27H,5-9,11,24H2,(H2,25,31)(H2,26,32)(H,28,36)(H,29,35)(H,30,37)(H,33,34). The molecule has 3 unspecified atom stereocenters. The van der Waals surface area contributed by atoms with E-state index in [1.54, 1.807) is 6.20 Å². The zero-order valence-corrected chi connectivity index (χ0v) is 20.0. The number of aliphatic carboxylic acids is 1. The normalized spacial score (nSPS) is 13.2. The Balaban J connectivity index is 2.12. The molecule has 0 spiro atoms. The van der Waals surface area contributed by atoms with Crippen LogP contribution in [0.4, 0.5) is 0 Å². The number of carbonyl (C=O) groups excluding carboxylic acids is 5. The number of carboxylic acids is 1. The molecule has 0 fully saturated rings. The van der Waals surface area contributed by atoms with Crippen molar-refractivity contribution in [3.63, 3.8) is 0 Å². The second-order valence-electron chi connectivity index (χ2n) is 8.41.